The zero-order valence-electron chi connectivity index (χ0n) is 9.93. The highest BCUT2D eigenvalue weighted by molar-refractivity contribution is 14.1. The maximum atomic E-state index is 12.3. The summed E-state index contributed by atoms with van der Waals surface area (Å²) in [4.78, 5) is 0. The van der Waals surface area contributed by atoms with Crippen molar-refractivity contribution in [2.45, 2.75) is 13.8 Å². The molecule has 0 aliphatic heterocycles. The number of halogens is 1. The maximum absolute atomic E-state index is 12.3. The molecule has 0 unspecified atom stereocenters. The molecule has 0 aliphatic rings. The summed E-state index contributed by atoms with van der Waals surface area (Å²) in [6, 6.07) is 9.74. The third-order valence-corrected chi connectivity index (χ3v) is 5.18. The van der Waals surface area contributed by atoms with Gasteiger partial charge in [-0.1, -0.05) is 30.3 Å². The Morgan fingerprint density at radius 1 is 1.24 bits per heavy atom. The standard InChI is InChI=1S/C12H16IO3P/c1-3-15-17(14,16-4-2)10-12(13)11-8-6-5-7-9-11/h5-10H,3-4H2,1-2H3/b12-10-. The average molecular weight is 366 g/mol. The number of hydrogen-bond donors (Lipinski definition) is 0. The van der Waals surface area contributed by atoms with Crippen molar-refractivity contribution in [3.05, 3.63) is 41.7 Å². The van der Waals surface area contributed by atoms with Crippen LogP contribution in [0.3, 0.4) is 0 Å². The van der Waals surface area contributed by atoms with Crippen LogP contribution in [0.15, 0.2) is 36.1 Å². The molecule has 0 bridgehead atoms. The van der Waals surface area contributed by atoms with Gasteiger partial charge in [-0.3, -0.25) is 4.57 Å². The molecule has 1 rings (SSSR count). The Hall–Kier alpha value is -0.160. The van der Waals surface area contributed by atoms with E-state index in [1.807, 2.05) is 30.3 Å². The molecule has 1 aromatic carbocycles. The predicted molar refractivity (Wildman–Crippen MR) is 79.3 cm³/mol. The normalized spacial score (nSPS) is 12.8. The van der Waals surface area contributed by atoms with Crippen molar-refractivity contribution in [3.8, 4) is 0 Å². The minimum atomic E-state index is -3.11. The van der Waals surface area contributed by atoms with Gasteiger partial charge in [0.2, 0.25) is 0 Å². The molecule has 0 amide bonds. The van der Waals surface area contributed by atoms with E-state index < -0.39 is 7.60 Å². The first-order valence-electron chi connectivity index (χ1n) is 5.44. The summed E-state index contributed by atoms with van der Waals surface area (Å²) in [6.45, 7) is 4.34. The van der Waals surface area contributed by atoms with Crippen LogP contribution in [0.5, 0.6) is 0 Å². The summed E-state index contributed by atoms with van der Waals surface area (Å²) in [5.74, 6) is 1.58. The average Bonchev–Trinajstić information content (AvgIpc) is 2.30. The van der Waals surface area contributed by atoms with Gasteiger partial charge in [0.15, 0.2) is 0 Å². The summed E-state index contributed by atoms with van der Waals surface area (Å²) >= 11 is 2.14. The molecular formula is C12H16IO3P. The smallest absolute Gasteiger partial charge is 0.306 e. The Balaban J connectivity index is 2.95. The van der Waals surface area contributed by atoms with Gasteiger partial charge < -0.3 is 9.05 Å². The first-order chi connectivity index (χ1) is 8.11. The predicted octanol–water partition coefficient (Wildman–Crippen LogP) is 4.69. The van der Waals surface area contributed by atoms with Crippen molar-refractivity contribution in [3.63, 3.8) is 0 Å². The van der Waals surface area contributed by atoms with E-state index in [0.717, 1.165) is 9.14 Å². The van der Waals surface area contributed by atoms with Crippen molar-refractivity contribution in [1.29, 1.82) is 0 Å². The largest absolute Gasteiger partial charge is 0.355 e. The Morgan fingerprint density at radius 2 is 1.76 bits per heavy atom. The summed E-state index contributed by atoms with van der Waals surface area (Å²) in [6.07, 6.45) is 0. The Labute approximate surface area is 116 Å². The van der Waals surface area contributed by atoms with Gasteiger partial charge in [-0.2, -0.15) is 0 Å². The second kappa shape index (κ2) is 7.31. The van der Waals surface area contributed by atoms with Gasteiger partial charge in [0.25, 0.3) is 0 Å². The Kier molecular flexibility index (Phi) is 6.41. The van der Waals surface area contributed by atoms with Crippen LogP contribution in [0.2, 0.25) is 0 Å². The van der Waals surface area contributed by atoms with Crippen LogP contribution < -0.4 is 0 Å². The number of rotatable bonds is 6. The summed E-state index contributed by atoms with van der Waals surface area (Å²) in [5.41, 5.74) is 1.01. The fourth-order valence-electron chi connectivity index (χ4n) is 1.28. The van der Waals surface area contributed by atoms with Gasteiger partial charge in [0, 0.05) is 9.40 Å². The van der Waals surface area contributed by atoms with Gasteiger partial charge >= 0.3 is 7.60 Å². The van der Waals surface area contributed by atoms with Gasteiger partial charge in [-0.15, -0.1) is 0 Å². The first-order valence-corrected chi connectivity index (χ1v) is 8.13. The molecular weight excluding hydrogens is 350 g/mol. The quantitative estimate of drug-likeness (QED) is 0.542. The van der Waals surface area contributed by atoms with Crippen molar-refractivity contribution in [2.75, 3.05) is 13.2 Å². The molecule has 94 valence electrons. The molecule has 17 heavy (non-hydrogen) atoms. The first kappa shape index (κ1) is 14.9. The summed E-state index contributed by atoms with van der Waals surface area (Å²) < 4.78 is 23.6. The molecule has 0 spiro atoms. The molecule has 0 N–H and O–H groups in total. The molecule has 0 heterocycles. The molecule has 0 aliphatic carbocycles. The van der Waals surface area contributed by atoms with Gasteiger partial charge in [0.1, 0.15) is 0 Å². The van der Waals surface area contributed by atoms with E-state index in [2.05, 4.69) is 22.6 Å². The lowest BCUT2D eigenvalue weighted by Gasteiger charge is -2.13. The third kappa shape index (κ3) is 4.92. The zero-order valence-corrected chi connectivity index (χ0v) is 13.0. The van der Waals surface area contributed by atoms with E-state index >= 15 is 0 Å². The lowest BCUT2D eigenvalue weighted by molar-refractivity contribution is 0.229. The van der Waals surface area contributed by atoms with Crippen LogP contribution in [-0.4, -0.2) is 13.2 Å². The molecule has 0 saturated carbocycles. The minimum absolute atomic E-state index is 0.368. The van der Waals surface area contributed by atoms with Crippen molar-refractivity contribution in [2.24, 2.45) is 0 Å². The van der Waals surface area contributed by atoms with E-state index in [-0.39, 0.29) is 0 Å². The number of benzene rings is 1. The topological polar surface area (TPSA) is 35.5 Å². The van der Waals surface area contributed by atoms with Crippen molar-refractivity contribution in [1.82, 2.24) is 0 Å². The molecule has 0 fully saturated rings. The fraction of sp³-hybridized carbons (Fsp3) is 0.333. The maximum Gasteiger partial charge on any atom is 0.355 e. The van der Waals surface area contributed by atoms with Crippen LogP contribution in [-0.2, 0) is 13.6 Å². The van der Waals surface area contributed by atoms with Crippen LogP contribution in [0.25, 0.3) is 3.58 Å². The molecule has 1 aromatic rings. The Bertz CT molecular complexity index is 407. The molecule has 0 atom stereocenters. The van der Waals surface area contributed by atoms with Gasteiger partial charge in [-0.25, -0.2) is 0 Å². The van der Waals surface area contributed by atoms with E-state index in [0.29, 0.717) is 13.2 Å². The summed E-state index contributed by atoms with van der Waals surface area (Å²) in [7, 11) is -3.11. The second-order valence-electron chi connectivity index (χ2n) is 3.22. The summed E-state index contributed by atoms with van der Waals surface area (Å²) in [5, 5.41) is 0. The van der Waals surface area contributed by atoms with Crippen LogP contribution in [0.4, 0.5) is 0 Å². The van der Waals surface area contributed by atoms with E-state index in [1.165, 1.54) is 0 Å². The molecule has 0 radical (unpaired) electrons. The van der Waals surface area contributed by atoms with Crippen LogP contribution in [0.1, 0.15) is 19.4 Å². The highest BCUT2D eigenvalue weighted by atomic mass is 127. The highest BCUT2D eigenvalue weighted by Gasteiger charge is 2.20. The van der Waals surface area contributed by atoms with E-state index in [4.69, 9.17) is 9.05 Å². The third-order valence-electron chi connectivity index (χ3n) is 1.94. The monoisotopic (exact) mass is 366 g/mol. The lowest BCUT2D eigenvalue weighted by Crippen LogP contribution is -1.93. The second-order valence-corrected chi connectivity index (χ2v) is 6.23. The van der Waals surface area contributed by atoms with Crippen molar-refractivity contribution < 1.29 is 13.6 Å². The van der Waals surface area contributed by atoms with E-state index in [1.54, 1.807) is 19.7 Å². The molecule has 3 nitrogen and oxygen atoms in total. The highest BCUT2D eigenvalue weighted by Crippen LogP contribution is 2.52. The minimum Gasteiger partial charge on any atom is -0.306 e. The SMILES string of the molecule is CCOP(=O)(/C=C(\I)c1ccccc1)OCC. The number of hydrogen-bond acceptors (Lipinski definition) is 3. The molecule has 0 saturated heterocycles. The van der Waals surface area contributed by atoms with Crippen molar-refractivity contribution >= 4 is 33.8 Å². The van der Waals surface area contributed by atoms with E-state index in [9.17, 15) is 4.57 Å². The lowest BCUT2D eigenvalue weighted by atomic mass is 10.2. The van der Waals surface area contributed by atoms with Gasteiger partial charge in [-0.05, 0) is 42.0 Å². The van der Waals surface area contributed by atoms with Crippen LogP contribution >= 0.6 is 30.2 Å². The zero-order chi connectivity index (χ0) is 12.7. The molecule has 0 aromatic heterocycles. The van der Waals surface area contributed by atoms with Gasteiger partial charge in [0.05, 0.1) is 13.2 Å². The van der Waals surface area contributed by atoms with Crippen LogP contribution in [0, 0.1) is 0 Å². The fourth-order valence-corrected chi connectivity index (χ4v) is 4.04. The molecule has 5 heteroatoms. The Morgan fingerprint density at radius 3 is 2.24 bits per heavy atom.